The standard InChI is InChI=1S/C15H31NO/c1-11(2)13(17)15(7,8)9-14(5,6)10-16-12(3)4/h11-12,16H,9-10H2,1-8H3. The van der Waals surface area contributed by atoms with E-state index in [-0.39, 0.29) is 16.7 Å². The van der Waals surface area contributed by atoms with Gasteiger partial charge >= 0.3 is 0 Å². The molecule has 0 bridgehead atoms. The quantitative estimate of drug-likeness (QED) is 0.737. The number of Topliss-reactive ketones (excluding diaryl/α,β-unsaturated/α-hetero) is 1. The van der Waals surface area contributed by atoms with Gasteiger partial charge in [-0.25, -0.2) is 0 Å². The highest BCUT2D eigenvalue weighted by Gasteiger charge is 2.35. The zero-order valence-electron chi connectivity index (χ0n) is 13.0. The molecule has 0 aliphatic rings. The molecule has 0 unspecified atom stereocenters. The van der Waals surface area contributed by atoms with Crippen molar-refractivity contribution in [2.75, 3.05) is 6.54 Å². The molecule has 0 saturated carbocycles. The van der Waals surface area contributed by atoms with Crippen molar-refractivity contribution < 1.29 is 4.79 Å². The van der Waals surface area contributed by atoms with Crippen LogP contribution in [0.15, 0.2) is 0 Å². The first kappa shape index (κ1) is 16.6. The van der Waals surface area contributed by atoms with Gasteiger partial charge in [-0.05, 0) is 11.8 Å². The highest BCUT2D eigenvalue weighted by Crippen LogP contribution is 2.35. The van der Waals surface area contributed by atoms with Gasteiger partial charge < -0.3 is 5.32 Å². The smallest absolute Gasteiger partial charge is 0.141 e. The lowest BCUT2D eigenvalue weighted by Gasteiger charge is -2.35. The molecule has 102 valence electrons. The van der Waals surface area contributed by atoms with Crippen molar-refractivity contribution in [3.05, 3.63) is 0 Å². The lowest BCUT2D eigenvalue weighted by atomic mass is 9.70. The second-order valence-electron chi connectivity index (χ2n) is 7.28. The average Bonchev–Trinajstić information content (AvgIpc) is 2.12. The maximum absolute atomic E-state index is 12.2. The number of ketones is 1. The SMILES string of the molecule is CC(C)NCC(C)(C)CC(C)(C)C(=O)C(C)C. The van der Waals surface area contributed by atoms with Gasteiger partial charge in [0.2, 0.25) is 0 Å². The van der Waals surface area contributed by atoms with Crippen molar-refractivity contribution in [1.82, 2.24) is 5.32 Å². The molecule has 2 heteroatoms. The number of nitrogens with one attached hydrogen (secondary N) is 1. The highest BCUT2D eigenvalue weighted by molar-refractivity contribution is 5.85. The van der Waals surface area contributed by atoms with Crippen molar-refractivity contribution in [2.24, 2.45) is 16.7 Å². The Morgan fingerprint density at radius 3 is 1.88 bits per heavy atom. The Kier molecular flexibility index (Phi) is 5.86. The average molecular weight is 241 g/mol. The third-order valence-electron chi connectivity index (χ3n) is 3.10. The Balaban J connectivity index is 4.52. The van der Waals surface area contributed by atoms with Crippen LogP contribution in [0.3, 0.4) is 0 Å². The molecular weight excluding hydrogens is 210 g/mol. The van der Waals surface area contributed by atoms with Gasteiger partial charge in [0.1, 0.15) is 5.78 Å². The maximum atomic E-state index is 12.2. The molecule has 0 aromatic carbocycles. The van der Waals surface area contributed by atoms with Crippen LogP contribution in [0.4, 0.5) is 0 Å². The predicted molar refractivity (Wildman–Crippen MR) is 75.2 cm³/mol. The first-order valence-electron chi connectivity index (χ1n) is 6.76. The molecule has 0 aliphatic carbocycles. The van der Waals surface area contributed by atoms with Crippen molar-refractivity contribution in [3.8, 4) is 0 Å². The van der Waals surface area contributed by atoms with Gasteiger partial charge in [0.05, 0.1) is 0 Å². The lowest BCUT2D eigenvalue weighted by molar-refractivity contribution is -0.131. The predicted octanol–water partition coefficient (Wildman–Crippen LogP) is 3.65. The minimum absolute atomic E-state index is 0.124. The van der Waals surface area contributed by atoms with Crippen LogP contribution >= 0.6 is 0 Å². The van der Waals surface area contributed by atoms with E-state index in [1.807, 2.05) is 13.8 Å². The van der Waals surface area contributed by atoms with E-state index in [4.69, 9.17) is 0 Å². The highest BCUT2D eigenvalue weighted by atomic mass is 16.1. The Morgan fingerprint density at radius 2 is 1.53 bits per heavy atom. The van der Waals surface area contributed by atoms with Gasteiger partial charge in [-0.3, -0.25) is 4.79 Å². The van der Waals surface area contributed by atoms with Crippen LogP contribution in [0.1, 0.15) is 61.8 Å². The van der Waals surface area contributed by atoms with Gasteiger partial charge in [-0.1, -0.05) is 55.4 Å². The fourth-order valence-corrected chi connectivity index (χ4v) is 2.61. The first-order chi connectivity index (χ1) is 7.48. The van der Waals surface area contributed by atoms with E-state index < -0.39 is 0 Å². The van der Waals surface area contributed by atoms with Crippen LogP contribution in [0, 0.1) is 16.7 Å². The van der Waals surface area contributed by atoms with E-state index in [2.05, 4.69) is 46.9 Å². The van der Waals surface area contributed by atoms with Gasteiger partial charge in [0, 0.05) is 23.9 Å². The molecule has 0 heterocycles. The molecule has 0 fully saturated rings. The normalized spacial score (nSPS) is 13.5. The number of carbonyl (C=O) groups is 1. The third kappa shape index (κ3) is 6.21. The lowest BCUT2D eigenvalue weighted by Crippen LogP contribution is -2.40. The van der Waals surface area contributed by atoms with Gasteiger partial charge in [-0.2, -0.15) is 0 Å². The molecular formula is C15H31NO. The Labute approximate surface area is 108 Å². The Hall–Kier alpha value is -0.370. The van der Waals surface area contributed by atoms with Gasteiger partial charge in [0.15, 0.2) is 0 Å². The summed E-state index contributed by atoms with van der Waals surface area (Å²) >= 11 is 0. The van der Waals surface area contributed by atoms with E-state index in [1.54, 1.807) is 0 Å². The number of rotatable bonds is 7. The second kappa shape index (κ2) is 5.99. The summed E-state index contributed by atoms with van der Waals surface area (Å²) in [4.78, 5) is 12.2. The van der Waals surface area contributed by atoms with E-state index in [9.17, 15) is 4.79 Å². The summed E-state index contributed by atoms with van der Waals surface area (Å²) < 4.78 is 0. The Morgan fingerprint density at radius 1 is 1.06 bits per heavy atom. The van der Waals surface area contributed by atoms with Crippen LogP contribution in [-0.4, -0.2) is 18.4 Å². The van der Waals surface area contributed by atoms with E-state index in [0.29, 0.717) is 11.8 Å². The molecule has 0 rings (SSSR count). The van der Waals surface area contributed by atoms with Crippen molar-refractivity contribution in [2.45, 2.75) is 67.9 Å². The first-order valence-corrected chi connectivity index (χ1v) is 6.76. The summed E-state index contributed by atoms with van der Waals surface area (Å²) in [5.74, 6) is 0.494. The van der Waals surface area contributed by atoms with Crippen LogP contribution in [0.5, 0.6) is 0 Å². The van der Waals surface area contributed by atoms with Crippen LogP contribution in [0.2, 0.25) is 0 Å². The monoisotopic (exact) mass is 241 g/mol. The topological polar surface area (TPSA) is 29.1 Å². The number of hydrogen-bond acceptors (Lipinski definition) is 2. The molecule has 0 saturated heterocycles. The molecule has 0 aromatic heterocycles. The van der Waals surface area contributed by atoms with Crippen LogP contribution in [-0.2, 0) is 4.79 Å². The molecule has 0 radical (unpaired) electrons. The molecule has 1 N–H and O–H groups in total. The fourth-order valence-electron chi connectivity index (χ4n) is 2.61. The molecule has 2 nitrogen and oxygen atoms in total. The van der Waals surface area contributed by atoms with Gasteiger partial charge in [0.25, 0.3) is 0 Å². The minimum Gasteiger partial charge on any atom is -0.314 e. The summed E-state index contributed by atoms with van der Waals surface area (Å²) in [6.07, 6.45) is 0.927. The number of hydrogen-bond donors (Lipinski definition) is 1. The fraction of sp³-hybridized carbons (Fsp3) is 0.933. The summed E-state index contributed by atoms with van der Waals surface area (Å²) in [5, 5.41) is 3.47. The van der Waals surface area contributed by atoms with E-state index >= 15 is 0 Å². The summed E-state index contributed by atoms with van der Waals surface area (Å²) in [6, 6.07) is 0.498. The van der Waals surface area contributed by atoms with E-state index in [0.717, 1.165) is 13.0 Å². The molecule has 0 aliphatic heterocycles. The number of carbonyl (C=O) groups excluding carboxylic acids is 1. The molecule has 17 heavy (non-hydrogen) atoms. The zero-order chi connectivity index (χ0) is 13.9. The Bertz CT molecular complexity index is 252. The second-order valence-corrected chi connectivity index (χ2v) is 7.28. The van der Waals surface area contributed by atoms with Crippen molar-refractivity contribution >= 4 is 5.78 Å². The molecule has 0 atom stereocenters. The molecule has 0 spiro atoms. The minimum atomic E-state index is -0.226. The van der Waals surface area contributed by atoms with Crippen molar-refractivity contribution in [1.29, 1.82) is 0 Å². The summed E-state index contributed by atoms with van der Waals surface area (Å²) in [5.41, 5.74) is -0.0748. The van der Waals surface area contributed by atoms with E-state index in [1.165, 1.54) is 0 Å². The van der Waals surface area contributed by atoms with Gasteiger partial charge in [-0.15, -0.1) is 0 Å². The van der Waals surface area contributed by atoms with Crippen LogP contribution in [0.25, 0.3) is 0 Å². The largest absolute Gasteiger partial charge is 0.314 e. The maximum Gasteiger partial charge on any atom is 0.141 e. The molecule has 0 amide bonds. The summed E-state index contributed by atoms with van der Waals surface area (Å²) in [7, 11) is 0. The van der Waals surface area contributed by atoms with Crippen LogP contribution < -0.4 is 5.32 Å². The zero-order valence-corrected chi connectivity index (χ0v) is 13.0. The molecule has 0 aromatic rings. The third-order valence-corrected chi connectivity index (χ3v) is 3.10. The van der Waals surface area contributed by atoms with Crippen molar-refractivity contribution in [3.63, 3.8) is 0 Å². The summed E-state index contributed by atoms with van der Waals surface area (Å²) in [6.45, 7) is 17.9.